The van der Waals surface area contributed by atoms with E-state index < -0.39 is 0 Å². The van der Waals surface area contributed by atoms with Crippen molar-refractivity contribution in [1.29, 1.82) is 0 Å². The Hall–Kier alpha value is -3.52. The monoisotopic (exact) mass is 449 g/mol. The van der Waals surface area contributed by atoms with Gasteiger partial charge in [-0.3, -0.25) is 9.59 Å². The Morgan fingerprint density at radius 1 is 1.09 bits per heavy atom. The topological polar surface area (TPSA) is 85.8 Å². The molecular weight excluding hydrogens is 426 g/mol. The lowest BCUT2D eigenvalue weighted by Crippen LogP contribution is -2.15. The minimum atomic E-state index is -0.300. The predicted molar refractivity (Wildman–Crippen MR) is 125 cm³/mol. The van der Waals surface area contributed by atoms with Gasteiger partial charge >= 0.3 is 0 Å². The molecule has 0 spiro atoms. The number of carbonyl (C=O) groups excluding carboxylic acids is 1. The highest BCUT2D eigenvalue weighted by molar-refractivity contribution is 8.00. The molecule has 0 unspecified atom stereocenters. The number of fused-ring (bicyclic) bond motifs is 1. The van der Waals surface area contributed by atoms with E-state index in [2.05, 4.69) is 10.3 Å². The first-order valence-electron chi connectivity index (χ1n) is 10.1. The molecule has 32 heavy (non-hydrogen) atoms. The maximum atomic E-state index is 12.4. The molecule has 164 valence electrons. The predicted octanol–water partition coefficient (Wildman–Crippen LogP) is 4.52. The SMILES string of the molecule is Cc1ccc(SCC(=O)Nc2ccc(C)c(OCc3cc(=O)n4oc(C)cc4n3)c2)cc1. The quantitative estimate of drug-likeness (QED) is 0.418. The van der Waals surface area contributed by atoms with Gasteiger partial charge in [-0.15, -0.1) is 16.3 Å². The molecular formula is C24H23N3O4S. The molecule has 2 heterocycles. The van der Waals surface area contributed by atoms with Crippen molar-refractivity contribution in [3.05, 3.63) is 87.5 Å². The Bertz CT molecular complexity index is 1330. The molecule has 0 saturated carbocycles. The van der Waals surface area contributed by atoms with Crippen molar-refractivity contribution in [1.82, 2.24) is 9.56 Å². The smallest absolute Gasteiger partial charge is 0.287 e. The zero-order valence-electron chi connectivity index (χ0n) is 18.0. The Labute approximate surface area is 189 Å². The number of amides is 1. The summed E-state index contributed by atoms with van der Waals surface area (Å²) < 4.78 is 12.3. The van der Waals surface area contributed by atoms with Gasteiger partial charge in [-0.2, -0.15) is 0 Å². The van der Waals surface area contributed by atoms with E-state index in [4.69, 9.17) is 9.26 Å². The van der Waals surface area contributed by atoms with E-state index in [-0.39, 0.29) is 18.1 Å². The molecule has 2 aromatic heterocycles. The fraction of sp³-hybridized carbons (Fsp3) is 0.208. The van der Waals surface area contributed by atoms with Crippen LogP contribution in [0.5, 0.6) is 5.75 Å². The van der Waals surface area contributed by atoms with E-state index in [1.807, 2.05) is 50.2 Å². The zero-order chi connectivity index (χ0) is 22.7. The summed E-state index contributed by atoms with van der Waals surface area (Å²) >= 11 is 1.48. The molecule has 7 nitrogen and oxygen atoms in total. The summed E-state index contributed by atoms with van der Waals surface area (Å²) in [5.74, 6) is 1.43. The number of rotatable bonds is 7. The highest BCUT2D eigenvalue weighted by atomic mass is 32.2. The highest BCUT2D eigenvalue weighted by Gasteiger charge is 2.10. The van der Waals surface area contributed by atoms with Crippen LogP contribution in [0.4, 0.5) is 5.69 Å². The summed E-state index contributed by atoms with van der Waals surface area (Å²) in [6.07, 6.45) is 0. The molecule has 0 aliphatic carbocycles. The molecule has 0 bridgehead atoms. The van der Waals surface area contributed by atoms with Gasteiger partial charge in [-0.1, -0.05) is 23.8 Å². The Kier molecular flexibility index (Phi) is 6.32. The van der Waals surface area contributed by atoms with Crippen LogP contribution in [0.3, 0.4) is 0 Å². The largest absolute Gasteiger partial charge is 0.487 e. The van der Waals surface area contributed by atoms with Crippen molar-refractivity contribution in [2.75, 3.05) is 11.1 Å². The summed E-state index contributed by atoms with van der Waals surface area (Å²) in [5, 5.41) is 2.90. The summed E-state index contributed by atoms with van der Waals surface area (Å²) in [7, 11) is 0. The lowest BCUT2D eigenvalue weighted by Gasteiger charge is -2.12. The summed E-state index contributed by atoms with van der Waals surface area (Å²) in [6.45, 7) is 5.83. The molecule has 0 fully saturated rings. The molecule has 8 heteroatoms. The van der Waals surface area contributed by atoms with Crippen LogP contribution >= 0.6 is 11.8 Å². The van der Waals surface area contributed by atoms with Gasteiger partial charge in [0.15, 0.2) is 5.65 Å². The van der Waals surface area contributed by atoms with E-state index in [0.29, 0.717) is 34.3 Å². The molecule has 2 aromatic carbocycles. The van der Waals surface area contributed by atoms with Crippen LogP contribution in [-0.4, -0.2) is 21.2 Å². The Morgan fingerprint density at radius 2 is 1.88 bits per heavy atom. The molecule has 4 rings (SSSR count). The number of anilines is 1. The lowest BCUT2D eigenvalue weighted by atomic mass is 10.2. The van der Waals surface area contributed by atoms with Crippen molar-refractivity contribution >= 4 is 29.0 Å². The van der Waals surface area contributed by atoms with Gasteiger partial charge in [0.25, 0.3) is 5.56 Å². The molecule has 0 saturated heterocycles. The first-order valence-corrected chi connectivity index (χ1v) is 11.1. The van der Waals surface area contributed by atoms with E-state index in [1.165, 1.54) is 23.4 Å². The van der Waals surface area contributed by atoms with Gasteiger partial charge in [-0.05, 0) is 44.5 Å². The zero-order valence-corrected chi connectivity index (χ0v) is 18.9. The second kappa shape index (κ2) is 9.32. The number of aryl methyl sites for hydroxylation is 3. The summed E-state index contributed by atoms with van der Waals surface area (Å²) in [5.41, 5.74) is 3.39. The van der Waals surface area contributed by atoms with Gasteiger partial charge in [-0.25, -0.2) is 4.98 Å². The average molecular weight is 450 g/mol. The number of benzene rings is 2. The number of nitrogens with one attached hydrogen (secondary N) is 1. The van der Waals surface area contributed by atoms with Gasteiger partial charge < -0.3 is 14.6 Å². The third kappa shape index (κ3) is 5.20. The second-order valence-corrected chi connectivity index (χ2v) is 8.55. The first kappa shape index (κ1) is 21.7. The van der Waals surface area contributed by atoms with E-state index in [1.54, 1.807) is 19.1 Å². The molecule has 1 amide bonds. The number of ether oxygens (including phenoxy) is 1. The van der Waals surface area contributed by atoms with E-state index >= 15 is 0 Å². The minimum Gasteiger partial charge on any atom is -0.487 e. The Morgan fingerprint density at radius 3 is 2.66 bits per heavy atom. The molecule has 1 N–H and O–H groups in total. The lowest BCUT2D eigenvalue weighted by molar-refractivity contribution is -0.113. The number of nitrogens with zero attached hydrogens (tertiary/aromatic N) is 2. The first-order chi connectivity index (χ1) is 15.4. The average Bonchev–Trinajstić information content (AvgIpc) is 3.14. The van der Waals surface area contributed by atoms with Crippen molar-refractivity contribution in [2.45, 2.75) is 32.3 Å². The summed E-state index contributed by atoms with van der Waals surface area (Å²) in [6, 6.07) is 16.6. The van der Waals surface area contributed by atoms with Crippen LogP contribution in [-0.2, 0) is 11.4 Å². The van der Waals surface area contributed by atoms with Crippen LogP contribution in [0.1, 0.15) is 22.6 Å². The van der Waals surface area contributed by atoms with Gasteiger partial charge in [0.05, 0.1) is 11.4 Å². The number of hydrogen-bond acceptors (Lipinski definition) is 6. The van der Waals surface area contributed by atoms with Crippen LogP contribution < -0.4 is 15.6 Å². The van der Waals surface area contributed by atoms with Gasteiger partial charge in [0.2, 0.25) is 5.91 Å². The molecule has 0 aliphatic rings. The van der Waals surface area contributed by atoms with E-state index in [9.17, 15) is 9.59 Å². The molecule has 0 aliphatic heterocycles. The maximum absolute atomic E-state index is 12.4. The fourth-order valence-corrected chi connectivity index (χ4v) is 3.81. The Balaban J connectivity index is 1.39. The molecule has 0 radical (unpaired) electrons. The van der Waals surface area contributed by atoms with Crippen molar-refractivity contribution in [3.8, 4) is 5.75 Å². The fourth-order valence-electron chi connectivity index (χ4n) is 3.11. The van der Waals surface area contributed by atoms with Crippen LogP contribution in [0.25, 0.3) is 5.65 Å². The third-order valence-corrected chi connectivity index (χ3v) is 5.77. The van der Waals surface area contributed by atoms with Crippen LogP contribution in [0.2, 0.25) is 0 Å². The minimum absolute atomic E-state index is 0.0964. The molecule has 4 aromatic rings. The third-order valence-electron chi connectivity index (χ3n) is 4.76. The van der Waals surface area contributed by atoms with Gasteiger partial charge in [0.1, 0.15) is 18.1 Å². The van der Waals surface area contributed by atoms with E-state index in [0.717, 1.165) is 15.0 Å². The normalized spacial score (nSPS) is 11.0. The van der Waals surface area contributed by atoms with Crippen molar-refractivity contribution in [3.63, 3.8) is 0 Å². The number of hydrogen-bond donors (Lipinski definition) is 1. The van der Waals surface area contributed by atoms with Crippen molar-refractivity contribution in [2.24, 2.45) is 0 Å². The van der Waals surface area contributed by atoms with Crippen molar-refractivity contribution < 1.29 is 14.1 Å². The van der Waals surface area contributed by atoms with Gasteiger partial charge in [0, 0.05) is 28.8 Å². The second-order valence-electron chi connectivity index (χ2n) is 7.50. The maximum Gasteiger partial charge on any atom is 0.287 e. The number of thioether (sulfide) groups is 1. The summed E-state index contributed by atoms with van der Waals surface area (Å²) in [4.78, 5) is 30.0. The number of aromatic nitrogens is 2. The standard InChI is InChI=1S/C24H23N3O4S/c1-15-4-8-20(9-5-15)32-14-23(28)26-18-7-6-16(2)21(11-18)30-13-19-12-24(29)27-22(25-19)10-17(3)31-27/h4-12H,13-14H2,1-3H3,(H,26,28). The van der Waals surface area contributed by atoms with Crippen LogP contribution in [0.15, 0.2) is 68.8 Å². The highest BCUT2D eigenvalue weighted by Crippen LogP contribution is 2.24. The van der Waals surface area contributed by atoms with Crippen LogP contribution in [0, 0.1) is 20.8 Å². The number of carbonyl (C=O) groups is 1. The molecule has 0 atom stereocenters.